The van der Waals surface area contributed by atoms with Crippen LogP contribution in [-0.4, -0.2) is 9.91 Å². The average Bonchev–Trinajstić information content (AvgIpc) is 2.10. The van der Waals surface area contributed by atoms with Crippen molar-refractivity contribution in [3.63, 3.8) is 0 Å². The smallest absolute Gasteiger partial charge is 0.257 e. The van der Waals surface area contributed by atoms with Gasteiger partial charge in [-0.1, -0.05) is 0 Å². The number of nitrogens with zero attached hydrogens (tertiary/aromatic N) is 2. The van der Waals surface area contributed by atoms with Crippen LogP contribution < -0.4 is 0 Å². The number of halogens is 1. The lowest BCUT2D eigenvalue weighted by Gasteiger charge is -1.80. The Morgan fingerprint density at radius 2 is 2.40 bits per heavy atom. The Kier molecular flexibility index (Phi) is 2.00. The highest BCUT2D eigenvalue weighted by Gasteiger charge is 2.16. The maximum Gasteiger partial charge on any atom is 0.358 e. The normalized spacial score (nSPS) is 9.80. The van der Waals surface area contributed by atoms with E-state index in [0.29, 0.717) is 9.61 Å². The zero-order valence-electron chi connectivity index (χ0n) is 5.00. The highest BCUT2D eigenvalue weighted by atomic mass is 79.9. The molecule has 0 aliphatic carbocycles. The van der Waals surface area contributed by atoms with Gasteiger partial charge in [-0.05, 0) is 34.2 Å². The minimum absolute atomic E-state index is 0.0671. The van der Waals surface area contributed by atoms with Crippen molar-refractivity contribution < 1.29 is 4.92 Å². The van der Waals surface area contributed by atoms with E-state index in [-0.39, 0.29) is 5.00 Å². The quantitative estimate of drug-likeness (QED) is 0.541. The number of nitro groups is 1. The van der Waals surface area contributed by atoms with Crippen molar-refractivity contribution in [3.05, 3.63) is 19.7 Å². The van der Waals surface area contributed by atoms with Crippen molar-refractivity contribution in [2.75, 3.05) is 0 Å². The van der Waals surface area contributed by atoms with Crippen molar-refractivity contribution >= 4 is 32.3 Å². The van der Waals surface area contributed by atoms with Crippen molar-refractivity contribution in [2.45, 2.75) is 6.92 Å². The number of hydrogen-bond donors (Lipinski definition) is 0. The molecule has 0 amide bonds. The predicted molar refractivity (Wildman–Crippen MR) is 41.2 cm³/mol. The first-order chi connectivity index (χ1) is 4.61. The molecule has 6 heteroatoms. The molecule has 4 nitrogen and oxygen atoms in total. The van der Waals surface area contributed by atoms with E-state index < -0.39 is 4.92 Å². The molecule has 0 N–H and O–H groups in total. The lowest BCUT2D eigenvalue weighted by Crippen LogP contribution is -1.83. The fraction of sp³-hybridized carbons (Fsp3) is 0.250. The molecule has 0 atom stereocenters. The van der Waals surface area contributed by atoms with E-state index >= 15 is 0 Å². The van der Waals surface area contributed by atoms with Crippen molar-refractivity contribution in [3.8, 4) is 0 Å². The van der Waals surface area contributed by atoms with Gasteiger partial charge in [0.15, 0.2) is 4.60 Å². The zero-order valence-corrected chi connectivity index (χ0v) is 7.40. The maximum atomic E-state index is 10.2. The Morgan fingerprint density at radius 3 is 2.60 bits per heavy atom. The molecule has 0 radical (unpaired) electrons. The molecule has 0 unspecified atom stereocenters. The summed E-state index contributed by atoms with van der Waals surface area (Å²) in [5, 5.41) is 10.9. The fourth-order valence-corrected chi connectivity index (χ4v) is 1.90. The van der Waals surface area contributed by atoms with E-state index in [1.165, 1.54) is 0 Å². The van der Waals surface area contributed by atoms with Gasteiger partial charge < -0.3 is 0 Å². The Labute approximate surface area is 69.2 Å². The van der Waals surface area contributed by atoms with Crippen LogP contribution in [0.5, 0.6) is 0 Å². The van der Waals surface area contributed by atoms with Crippen LogP contribution in [0.3, 0.4) is 0 Å². The third-order valence-electron chi connectivity index (χ3n) is 0.842. The van der Waals surface area contributed by atoms with Gasteiger partial charge in [0.05, 0.1) is 9.93 Å². The molecule has 54 valence electrons. The van der Waals surface area contributed by atoms with Crippen LogP contribution >= 0.6 is 27.3 Å². The van der Waals surface area contributed by atoms with E-state index in [0.717, 1.165) is 11.3 Å². The van der Waals surface area contributed by atoms with Gasteiger partial charge in [0, 0.05) is 0 Å². The summed E-state index contributed by atoms with van der Waals surface area (Å²) in [4.78, 5) is 13.6. The van der Waals surface area contributed by atoms with Gasteiger partial charge in [-0.25, -0.2) is 4.98 Å². The monoisotopic (exact) mass is 222 g/mol. The lowest BCUT2D eigenvalue weighted by molar-refractivity contribution is -0.381. The Hall–Kier alpha value is -0.490. The number of aromatic nitrogens is 1. The predicted octanol–water partition coefficient (Wildman–Crippen LogP) is 2.12. The SMILES string of the molecule is Cc1nc(Br)c([N+](=O)[O-])s1. The van der Waals surface area contributed by atoms with Crippen molar-refractivity contribution in [2.24, 2.45) is 0 Å². The second-order valence-corrected chi connectivity index (χ2v) is 3.52. The molecule has 0 fully saturated rings. The van der Waals surface area contributed by atoms with E-state index in [4.69, 9.17) is 0 Å². The van der Waals surface area contributed by atoms with Gasteiger partial charge in [0.25, 0.3) is 0 Å². The van der Waals surface area contributed by atoms with Gasteiger partial charge in [-0.3, -0.25) is 10.1 Å². The molecule has 1 rings (SSSR count). The van der Waals surface area contributed by atoms with E-state index in [2.05, 4.69) is 20.9 Å². The van der Waals surface area contributed by atoms with Gasteiger partial charge in [0.1, 0.15) is 0 Å². The standard InChI is InChI=1S/C4H3BrN2O2S/c1-2-6-3(5)4(10-2)7(8)9/h1H3. The summed E-state index contributed by atoms with van der Waals surface area (Å²) >= 11 is 4.04. The van der Waals surface area contributed by atoms with E-state index in [1.54, 1.807) is 6.92 Å². The first-order valence-corrected chi connectivity index (χ1v) is 3.99. The molecular formula is C4H3BrN2O2S. The first kappa shape index (κ1) is 7.62. The highest BCUT2D eigenvalue weighted by molar-refractivity contribution is 9.10. The summed E-state index contributed by atoms with van der Waals surface area (Å²) < 4.78 is 0.319. The van der Waals surface area contributed by atoms with Gasteiger partial charge >= 0.3 is 5.00 Å². The fourth-order valence-electron chi connectivity index (χ4n) is 0.503. The molecule has 0 aliphatic heterocycles. The van der Waals surface area contributed by atoms with Gasteiger partial charge in [-0.15, -0.1) is 0 Å². The first-order valence-electron chi connectivity index (χ1n) is 2.38. The summed E-state index contributed by atoms with van der Waals surface area (Å²) in [6, 6.07) is 0. The zero-order chi connectivity index (χ0) is 7.72. The van der Waals surface area contributed by atoms with E-state index in [9.17, 15) is 10.1 Å². The molecule has 1 aromatic rings. The topological polar surface area (TPSA) is 56.0 Å². The molecule has 0 saturated carbocycles. The second kappa shape index (κ2) is 2.63. The molecular weight excluding hydrogens is 220 g/mol. The number of thiazole rings is 1. The average molecular weight is 223 g/mol. The summed E-state index contributed by atoms with van der Waals surface area (Å²) in [7, 11) is 0. The Balaban J connectivity index is 3.15. The number of rotatable bonds is 1. The minimum atomic E-state index is -0.450. The summed E-state index contributed by atoms with van der Waals surface area (Å²) in [5.41, 5.74) is 0. The Bertz CT molecular complexity index is 272. The Morgan fingerprint density at radius 1 is 1.80 bits per heavy atom. The largest absolute Gasteiger partial charge is 0.358 e. The van der Waals surface area contributed by atoms with Crippen LogP contribution in [0.2, 0.25) is 0 Å². The minimum Gasteiger partial charge on any atom is -0.257 e. The molecule has 1 heterocycles. The second-order valence-electron chi connectivity index (χ2n) is 1.59. The van der Waals surface area contributed by atoms with Crippen LogP contribution in [0.4, 0.5) is 5.00 Å². The molecule has 0 aliphatic rings. The van der Waals surface area contributed by atoms with Crippen LogP contribution in [0.25, 0.3) is 0 Å². The van der Waals surface area contributed by atoms with Crippen molar-refractivity contribution in [1.82, 2.24) is 4.98 Å². The highest BCUT2D eigenvalue weighted by Crippen LogP contribution is 2.30. The van der Waals surface area contributed by atoms with Gasteiger partial charge in [0.2, 0.25) is 0 Å². The van der Waals surface area contributed by atoms with Crippen LogP contribution in [0.15, 0.2) is 4.60 Å². The van der Waals surface area contributed by atoms with Gasteiger partial charge in [-0.2, -0.15) is 0 Å². The molecule has 0 saturated heterocycles. The molecule has 10 heavy (non-hydrogen) atoms. The molecule has 0 aromatic carbocycles. The number of aryl methyl sites for hydroxylation is 1. The van der Waals surface area contributed by atoms with E-state index in [1.807, 2.05) is 0 Å². The lowest BCUT2D eigenvalue weighted by atomic mass is 10.8. The summed E-state index contributed by atoms with van der Waals surface area (Å²) in [6.45, 7) is 1.72. The molecule has 1 aromatic heterocycles. The summed E-state index contributed by atoms with van der Waals surface area (Å²) in [5.74, 6) is 0. The third-order valence-corrected chi connectivity index (χ3v) is 2.58. The third kappa shape index (κ3) is 1.32. The number of hydrogen-bond acceptors (Lipinski definition) is 4. The van der Waals surface area contributed by atoms with Crippen LogP contribution in [0, 0.1) is 17.0 Å². The van der Waals surface area contributed by atoms with Crippen molar-refractivity contribution in [1.29, 1.82) is 0 Å². The van der Waals surface area contributed by atoms with Crippen LogP contribution in [0.1, 0.15) is 5.01 Å². The summed E-state index contributed by atoms with van der Waals surface area (Å²) in [6.07, 6.45) is 0. The molecule has 0 bridgehead atoms. The maximum absolute atomic E-state index is 10.2. The molecule has 0 spiro atoms. The van der Waals surface area contributed by atoms with Crippen LogP contribution in [-0.2, 0) is 0 Å².